The van der Waals surface area contributed by atoms with E-state index in [1.807, 2.05) is 13.8 Å². The molecule has 0 unspecified atom stereocenters. The van der Waals surface area contributed by atoms with Gasteiger partial charge in [0.25, 0.3) is 0 Å². The van der Waals surface area contributed by atoms with Crippen LogP contribution in [0.25, 0.3) is 0 Å². The van der Waals surface area contributed by atoms with Gasteiger partial charge in [0.1, 0.15) is 12.4 Å². The second kappa shape index (κ2) is 7.90. The minimum atomic E-state index is -0.337. The summed E-state index contributed by atoms with van der Waals surface area (Å²) >= 11 is 6.46. The van der Waals surface area contributed by atoms with Crippen LogP contribution in [0.3, 0.4) is 0 Å². The highest BCUT2D eigenvalue weighted by atomic mass is 79.9. The van der Waals surface area contributed by atoms with Crippen molar-refractivity contribution in [3.05, 3.63) is 32.5 Å². The van der Waals surface area contributed by atoms with Crippen molar-refractivity contribution in [1.82, 2.24) is 0 Å². The molecule has 106 valence electrons. The van der Waals surface area contributed by atoms with Gasteiger partial charge in [-0.25, -0.2) is 4.39 Å². The van der Waals surface area contributed by atoms with Gasteiger partial charge in [0.2, 0.25) is 0 Å². The molecular formula is C14H17Br2FO2. The molecule has 1 rings (SSSR count). The molecule has 0 amide bonds. The summed E-state index contributed by atoms with van der Waals surface area (Å²) in [6.07, 6.45) is 3.10. The van der Waals surface area contributed by atoms with Crippen molar-refractivity contribution in [3.63, 3.8) is 0 Å². The lowest BCUT2D eigenvalue weighted by Crippen LogP contribution is -2.04. The Bertz CT molecular complexity index is 469. The molecule has 0 radical (unpaired) electrons. The molecule has 0 heterocycles. The largest absolute Gasteiger partial charge is 0.496 e. The molecule has 0 saturated heterocycles. The summed E-state index contributed by atoms with van der Waals surface area (Å²) in [5.74, 6) is 0.565. The molecule has 0 aromatic heterocycles. The first-order chi connectivity index (χ1) is 9.04. The van der Waals surface area contributed by atoms with Crippen LogP contribution in [0.15, 0.2) is 15.5 Å². The molecule has 0 aliphatic rings. The second-order valence-electron chi connectivity index (χ2n) is 3.87. The molecule has 19 heavy (non-hydrogen) atoms. The van der Waals surface area contributed by atoms with E-state index in [0.29, 0.717) is 24.3 Å². The second-order valence-corrected chi connectivity index (χ2v) is 6.64. The smallest absolute Gasteiger partial charge is 0.171 e. The average molecular weight is 396 g/mol. The van der Waals surface area contributed by atoms with Crippen molar-refractivity contribution in [2.24, 2.45) is 0 Å². The van der Waals surface area contributed by atoms with E-state index in [2.05, 4.69) is 31.9 Å². The normalized spacial score (nSPS) is 10.2. The first kappa shape index (κ1) is 16.5. The van der Waals surface area contributed by atoms with Gasteiger partial charge < -0.3 is 9.47 Å². The molecule has 0 spiro atoms. The number of hydrogen-bond acceptors (Lipinski definition) is 2. The molecule has 0 bridgehead atoms. The van der Waals surface area contributed by atoms with E-state index in [-0.39, 0.29) is 11.6 Å². The SMILES string of the molecule is CCc1cc(OCC=C(Br)Br)c(F)c(CC)c1OC. The summed E-state index contributed by atoms with van der Waals surface area (Å²) in [5.41, 5.74) is 1.52. The Hall–Kier alpha value is -0.550. The van der Waals surface area contributed by atoms with Crippen molar-refractivity contribution in [1.29, 1.82) is 0 Å². The predicted molar refractivity (Wildman–Crippen MR) is 83.1 cm³/mol. The molecule has 2 nitrogen and oxygen atoms in total. The zero-order valence-electron chi connectivity index (χ0n) is 11.2. The van der Waals surface area contributed by atoms with Gasteiger partial charge >= 0.3 is 0 Å². The summed E-state index contributed by atoms with van der Waals surface area (Å²) in [6, 6.07) is 1.71. The molecule has 0 saturated carbocycles. The van der Waals surface area contributed by atoms with Crippen LogP contribution in [0, 0.1) is 5.82 Å². The van der Waals surface area contributed by atoms with Crippen LogP contribution in [0.2, 0.25) is 0 Å². The van der Waals surface area contributed by atoms with E-state index in [1.54, 1.807) is 19.3 Å². The van der Waals surface area contributed by atoms with Crippen LogP contribution < -0.4 is 9.47 Å². The summed E-state index contributed by atoms with van der Waals surface area (Å²) in [5, 5.41) is 0. The molecule has 0 N–H and O–H groups in total. The number of rotatable bonds is 6. The van der Waals surface area contributed by atoms with Crippen LogP contribution in [0.4, 0.5) is 4.39 Å². The Kier molecular flexibility index (Phi) is 6.86. The Balaban J connectivity index is 3.15. The highest BCUT2D eigenvalue weighted by Gasteiger charge is 2.17. The lowest BCUT2D eigenvalue weighted by molar-refractivity contribution is 0.334. The van der Waals surface area contributed by atoms with Crippen molar-refractivity contribution in [3.8, 4) is 11.5 Å². The quantitative estimate of drug-likeness (QED) is 0.676. The fraction of sp³-hybridized carbons (Fsp3) is 0.429. The van der Waals surface area contributed by atoms with Crippen LogP contribution in [0.1, 0.15) is 25.0 Å². The molecular weight excluding hydrogens is 379 g/mol. The van der Waals surface area contributed by atoms with Crippen LogP contribution >= 0.6 is 31.9 Å². The van der Waals surface area contributed by atoms with Gasteiger partial charge in [0.05, 0.1) is 10.5 Å². The van der Waals surface area contributed by atoms with E-state index in [4.69, 9.17) is 9.47 Å². The Morgan fingerprint density at radius 3 is 2.47 bits per heavy atom. The van der Waals surface area contributed by atoms with Crippen molar-refractivity contribution in [2.75, 3.05) is 13.7 Å². The highest BCUT2D eigenvalue weighted by Crippen LogP contribution is 2.34. The molecule has 5 heteroatoms. The first-order valence-electron chi connectivity index (χ1n) is 6.07. The molecule has 0 atom stereocenters. The number of ether oxygens (including phenoxy) is 2. The van der Waals surface area contributed by atoms with Gasteiger partial charge in [-0.1, -0.05) is 13.8 Å². The monoisotopic (exact) mass is 394 g/mol. The standard InChI is InChI=1S/C14H17Br2FO2/c1-4-9-8-11(19-7-6-12(15)16)13(17)10(5-2)14(9)18-3/h6,8H,4-5,7H2,1-3H3. The third-order valence-electron chi connectivity index (χ3n) is 2.77. The van der Waals surface area contributed by atoms with Gasteiger partial charge in [-0.05, 0) is 62.4 Å². The first-order valence-corrected chi connectivity index (χ1v) is 7.65. The maximum atomic E-state index is 14.3. The minimum Gasteiger partial charge on any atom is -0.496 e. The number of hydrogen-bond donors (Lipinski definition) is 0. The number of benzene rings is 1. The third-order valence-corrected chi connectivity index (χ3v) is 3.41. The highest BCUT2D eigenvalue weighted by molar-refractivity contribution is 9.28. The summed E-state index contributed by atoms with van der Waals surface area (Å²) in [4.78, 5) is 0. The van der Waals surface area contributed by atoms with Gasteiger partial charge in [0.15, 0.2) is 11.6 Å². The number of methoxy groups -OCH3 is 1. The summed E-state index contributed by atoms with van der Waals surface area (Å²) < 4.78 is 25.9. The van der Waals surface area contributed by atoms with E-state index in [9.17, 15) is 4.39 Å². The Morgan fingerprint density at radius 2 is 2.00 bits per heavy atom. The van der Waals surface area contributed by atoms with Crippen molar-refractivity contribution in [2.45, 2.75) is 26.7 Å². The van der Waals surface area contributed by atoms with Gasteiger partial charge in [-0.3, -0.25) is 0 Å². The van der Waals surface area contributed by atoms with Gasteiger partial charge in [-0.2, -0.15) is 0 Å². The molecule has 1 aromatic carbocycles. The maximum Gasteiger partial charge on any atom is 0.171 e. The van der Waals surface area contributed by atoms with Crippen LogP contribution in [0.5, 0.6) is 11.5 Å². The van der Waals surface area contributed by atoms with E-state index < -0.39 is 0 Å². The van der Waals surface area contributed by atoms with Crippen molar-refractivity contribution < 1.29 is 13.9 Å². The van der Waals surface area contributed by atoms with Crippen LogP contribution in [-0.2, 0) is 12.8 Å². The number of aryl methyl sites for hydroxylation is 1. The zero-order valence-corrected chi connectivity index (χ0v) is 14.4. The van der Waals surface area contributed by atoms with E-state index in [0.717, 1.165) is 15.4 Å². The van der Waals surface area contributed by atoms with E-state index >= 15 is 0 Å². The third kappa shape index (κ3) is 4.21. The van der Waals surface area contributed by atoms with Crippen LogP contribution in [-0.4, -0.2) is 13.7 Å². The lowest BCUT2D eigenvalue weighted by Gasteiger charge is -2.16. The summed E-state index contributed by atoms with van der Waals surface area (Å²) in [6.45, 7) is 4.20. The Morgan fingerprint density at radius 1 is 1.32 bits per heavy atom. The van der Waals surface area contributed by atoms with Crippen molar-refractivity contribution >= 4 is 31.9 Å². The fourth-order valence-electron chi connectivity index (χ4n) is 1.86. The van der Waals surface area contributed by atoms with Gasteiger partial charge in [-0.15, -0.1) is 0 Å². The van der Waals surface area contributed by atoms with E-state index in [1.165, 1.54) is 0 Å². The molecule has 1 aromatic rings. The van der Waals surface area contributed by atoms with Gasteiger partial charge in [0, 0.05) is 5.56 Å². The average Bonchev–Trinajstić information content (AvgIpc) is 2.39. The molecule has 0 fully saturated rings. The molecule has 0 aliphatic carbocycles. The zero-order chi connectivity index (χ0) is 14.4. The summed E-state index contributed by atoms with van der Waals surface area (Å²) in [7, 11) is 1.57. The minimum absolute atomic E-state index is 0.270. The topological polar surface area (TPSA) is 18.5 Å². The molecule has 0 aliphatic heterocycles. The fourth-order valence-corrected chi connectivity index (χ4v) is 2.13. The maximum absolute atomic E-state index is 14.3. The predicted octanol–water partition coefficient (Wildman–Crippen LogP) is 4.97. The Labute approximate surface area is 130 Å². The number of halogens is 3. The lowest BCUT2D eigenvalue weighted by atomic mass is 10.0.